The van der Waals surface area contributed by atoms with E-state index >= 15 is 0 Å². The van der Waals surface area contributed by atoms with E-state index in [2.05, 4.69) is 48.7 Å². The molecule has 1 aliphatic rings. The Morgan fingerprint density at radius 3 is 2.52 bits per heavy atom. The van der Waals surface area contributed by atoms with Gasteiger partial charge in [0.15, 0.2) is 0 Å². The number of nitrogens with one attached hydrogen (secondary N) is 2. The number of urea groups is 1. The summed E-state index contributed by atoms with van der Waals surface area (Å²) < 4.78 is 0. The molecule has 166 valence electrons. The summed E-state index contributed by atoms with van der Waals surface area (Å²) in [5.41, 5.74) is 5.32. The molecule has 2 aromatic rings. The maximum absolute atomic E-state index is 12.9. The first-order valence-electron chi connectivity index (χ1n) is 11.3. The third-order valence-electron chi connectivity index (χ3n) is 5.98. The fourth-order valence-corrected chi connectivity index (χ4v) is 4.37. The van der Waals surface area contributed by atoms with Crippen molar-refractivity contribution in [3.05, 3.63) is 70.3 Å². The number of carbonyl (C=O) groups is 2. The Morgan fingerprint density at radius 1 is 1.03 bits per heavy atom. The van der Waals surface area contributed by atoms with Crippen molar-refractivity contribution < 1.29 is 9.59 Å². The van der Waals surface area contributed by atoms with Gasteiger partial charge in [-0.15, -0.1) is 0 Å². The molecule has 1 aliphatic heterocycles. The van der Waals surface area contributed by atoms with Crippen LogP contribution < -0.4 is 10.6 Å². The van der Waals surface area contributed by atoms with Gasteiger partial charge in [0, 0.05) is 30.6 Å². The molecule has 5 heteroatoms. The van der Waals surface area contributed by atoms with Gasteiger partial charge in [-0.2, -0.15) is 0 Å². The van der Waals surface area contributed by atoms with Gasteiger partial charge in [-0.1, -0.05) is 35.9 Å². The van der Waals surface area contributed by atoms with Gasteiger partial charge in [0.25, 0.3) is 5.91 Å². The lowest BCUT2D eigenvalue weighted by molar-refractivity contribution is 0.0939. The average molecular weight is 422 g/mol. The SMILES string of the molecule is Cc1ccc([C@@H](C)NC(=O)c2cccc([C@@H]3CCCN(C(=O)NC(C)C)C3)c2)c(C)c1. The highest BCUT2D eigenvalue weighted by atomic mass is 16.2. The number of likely N-dealkylation sites (tertiary alicyclic amines) is 1. The standard InChI is InChI=1S/C26H35N3O2/c1-17(2)27-26(31)29-13-7-10-23(16-29)21-8-6-9-22(15-21)25(30)28-20(5)24-12-11-18(3)14-19(24)4/h6,8-9,11-12,14-15,17,20,23H,7,10,13,16H2,1-5H3,(H,27,31)(H,28,30)/t20-,23-/m1/s1. The Morgan fingerprint density at radius 2 is 1.81 bits per heavy atom. The number of hydrogen-bond donors (Lipinski definition) is 2. The van der Waals surface area contributed by atoms with Gasteiger partial charge in [-0.05, 0) is 76.3 Å². The number of piperidine rings is 1. The normalized spacial score (nSPS) is 17.4. The molecule has 0 unspecified atom stereocenters. The van der Waals surface area contributed by atoms with E-state index in [9.17, 15) is 9.59 Å². The molecule has 0 spiro atoms. The molecule has 31 heavy (non-hydrogen) atoms. The van der Waals surface area contributed by atoms with Crippen molar-refractivity contribution in [3.8, 4) is 0 Å². The van der Waals surface area contributed by atoms with E-state index in [-0.39, 0.29) is 29.9 Å². The Kier molecular flexibility index (Phi) is 7.37. The van der Waals surface area contributed by atoms with Gasteiger partial charge >= 0.3 is 6.03 Å². The van der Waals surface area contributed by atoms with Crippen LogP contribution in [0.2, 0.25) is 0 Å². The van der Waals surface area contributed by atoms with Crippen LogP contribution in [0.25, 0.3) is 0 Å². The first kappa shape index (κ1) is 22.9. The van der Waals surface area contributed by atoms with Gasteiger partial charge in [0.05, 0.1) is 6.04 Å². The molecule has 2 N–H and O–H groups in total. The molecule has 1 fully saturated rings. The molecule has 5 nitrogen and oxygen atoms in total. The van der Waals surface area contributed by atoms with E-state index in [1.807, 2.05) is 43.9 Å². The van der Waals surface area contributed by atoms with Gasteiger partial charge in [0.2, 0.25) is 0 Å². The fourth-order valence-electron chi connectivity index (χ4n) is 4.37. The van der Waals surface area contributed by atoms with Crippen molar-refractivity contribution in [2.24, 2.45) is 0 Å². The van der Waals surface area contributed by atoms with Gasteiger partial charge in [-0.3, -0.25) is 4.79 Å². The molecule has 2 aromatic carbocycles. The predicted octanol–water partition coefficient (Wildman–Crippen LogP) is 5.09. The number of carbonyl (C=O) groups excluding carboxylic acids is 2. The summed E-state index contributed by atoms with van der Waals surface area (Å²) in [6.45, 7) is 11.6. The molecule has 0 aliphatic carbocycles. The second-order valence-electron chi connectivity index (χ2n) is 9.07. The van der Waals surface area contributed by atoms with Crippen LogP contribution in [0.15, 0.2) is 42.5 Å². The smallest absolute Gasteiger partial charge is 0.317 e. The predicted molar refractivity (Wildman–Crippen MR) is 125 cm³/mol. The second kappa shape index (κ2) is 9.99. The zero-order valence-corrected chi connectivity index (χ0v) is 19.4. The minimum absolute atomic E-state index is 0.00381. The van der Waals surface area contributed by atoms with E-state index in [1.165, 1.54) is 11.1 Å². The van der Waals surface area contributed by atoms with Crippen LogP contribution in [0.4, 0.5) is 4.79 Å². The highest BCUT2D eigenvalue weighted by Crippen LogP contribution is 2.28. The summed E-state index contributed by atoms with van der Waals surface area (Å²) in [5, 5.41) is 6.12. The molecule has 3 rings (SSSR count). The van der Waals surface area contributed by atoms with Crippen LogP contribution >= 0.6 is 0 Å². The van der Waals surface area contributed by atoms with Gasteiger partial charge in [-0.25, -0.2) is 4.79 Å². The summed E-state index contributed by atoms with van der Waals surface area (Å²) in [4.78, 5) is 27.3. The zero-order valence-electron chi connectivity index (χ0n) is 19.4. The van der Waals surface area contributed by atoms with Crippen molar-refractivity contribution in [2.75, 3.05) is 13.1 Å². The largest absolute Gasteiger partial charge is 0.346 e. The van der Waals surface area contributed by atoms with E-state index in [4.69, 9.17) is 0 Å². The summed E-state index contributed by atoms with van der Waals surface area (Å²) in [7, 11) is 0. The van der Waals surface area contributed by atoms with E-state index in [1.54, 1.807) is 0 Å². The summed E-state index contributed by atoms with van der Waals surface area (Å²) >= 11 is 0. The molecule has 0 saturated carbocycles. The highest BCUT2D eigenvalue weighted by Gasteiger charge is 2.25. The Bertz CT molecular complexity index is 938. The first-order chi connectivity index (χ1) is 14.7. The van der Waals surface area contributed by atoms with Crippen LogP contribution in [0, 0.1) is 13.8 Å². The maximum Gasteiger partial charge on any atom is 0.317 e. The summed E-state index contributed by atoms with van der Waals surface area (Å²) in [6.07, 6.45) is 1.99. The Hall–Kier alpha value is -2.82. The molecule has 3 amide bonds. The van der Waals surface area contributed by atoms with E-state index in [0.29, 0.717) is 12.1 Å². The van der Waals surface area contributed by atoms with Crippen molar-refractivity contribution in [2.45, 2.75) is 65.5 Å². The number of benzene rings is 2. The lowest BCUT2D eigenvalue weighted by atomic mass is 9.89. The Balaban J connectivity index is 1.69. The number of amides is 3. The molecule has 1 heterocycles. The average Bonchev–Trinajstić information content (AvgIpc) is 2.73. The first-order valence-corrected chi connectivity index (χ1v) is 11.3. The van der Waals surface area contributed by atoms with Crippen LogP contribution in [0.1, 0.15) is 78.2 Å². The molecule has 0 radical (unpaired) electrons. The number of nitrogens with zero attached hydrogens (tertiary/aromatic N) is 1. The number of rotatable bonds is 5. The van der Waals surface area contributed by atoms with Crippen LogP contribution in [-0.4, -0.2) is 36.0 Å². The second-order valence-corrected chi connectivity index (χ2v) is 9.07. The van der Waals surface area contributed by atoms with Crippen molar-refractivity contribution in [3.63, 3.8) is 0 Å². The summed E-state index contributed by atoms with van der Waals surface area (Å²) in [6, 6.07) is 14.2. The van der Waals surface area contributed by atoms with E-state index in [0.717, 1.165) is 30.5 Å². The Labute approximate surface area is 186 Å². The monoisotopic (exact) mass is 421 g/mol. The van der Waals surface area contributed by atoms with Crippen molar-refractivity contribution >= 4 is 11.9 Å². The zero-order chi connectivity index (χ0) is 22.5. The number of hydrogen-bond acceptors (Lipinski definition) is 2. The minimum atomic E-state index is -0.0699. The molecule has 2 atom stereocenters. The summed E-state index contributed by atoms with van der Waals surface area (Å²) in [5.74, 6) is 0.177. The molecule has 1 saturated heterocycles. The fraction of sp³-hybridized carbons (Fsp3) is 0.462. The van der Waals surface area contributed by atoms with Crippen molar-refractivity contribution in [1.82, 2.24) is 15.5 Å². The highest BCUT2D eigenvalue weighted by molar-refractivity contribution is 5.94. The lowest BCUT2D eigenvalue weighted by Gasteiger charge is -2.33. The molecule has 0 aromatic heterocycles. The topological polar surface area (TPSA) is 61.4 Å². The van der Waals surface area contributed by atoms with Crippen LogP contribution in [0.3, 0.4) is 0 Å². The van der Waals surface area contributed by atoms with Gasteiger partial charge in [0.1, 0.15) is 0 Å². The number of aryl methyl sites for hydroxylation is 2. The third kappa shape index (κ3) is 5.87. The maximum atomic E-state index is 12.9. The molecule has 0 bridgehead atoms. The molecular weight excluding hydrogens is 386 g/mol. The quantitative estimate of drug-likeness (QED) is 0.706. The molecular formula is C26H35N3O2. The van der Waals surface area contributed by atoms with Gasteiger partial charge < -0.3 is 15.5 Å². The van der Waals surface area contributed by atoms with Crippen LogP contribution in [-0.2, 0) is 0 Å². The third-order valence-corrected chi connectivity index (χ3v) is 5.98. The lowest BCUT2D eigenvalue weighted by Crippen LogP contribution is -2.47. The minimum Gasteiger partial charge on any atom is -0.346 e. The van der Waals surface area contributed by atoms with Crippen molar-refractivity contribution in [1.29, 1.82) is 0 Å². The van der Waals surface area contributed by atoms with Crippen LogP contribution in [0.5, 0.6) is 0 Å². The van der Waals surface area contributed by atoms with E-state index < -0.39 is 0 Å².